The Morgan fingerprint density at radius 1 is 1.53 bits per heavy atom. The van der Waals surface area contributed by atoms with Gasteiger partial charge in [0.2, 0.25) is 0 Å². The number of methoxy groups -OCH3 is 1. The van der Waals surface area contributed by atoms with Gasteiger partial charge in [0.15, 0.2) is 0 Å². The number of carbonyl (C=O) groups excluding carboxylic acids is 1. The molecule has 0 bridgehead atoms. The highest BCUT2D eigenvalue weighted by Gasteiger charge is 2.35. The molecule has 19 heavy (non-hydrogen) atoms. The van der Waals surface area contributed by atoms with E-state index in [0.29, 0.717) is 18.0 Å². The molecule has 2 rings (SSSR count). The summed E-state index contributed by atoms with van der Waals surface area (Å²) >= 11 is 0. The molecule has 1 unspecified atom stereocenters. The van der Waals surface area contributed by atoms with Crippen LogP contribution in [-0.4, -0.2) is 37.6 Å². The first-order chi connectivity index (χ1) is 9.08. The van der Waals surface area contributed by atoms with E-state index in [1.165, 1.54) is 12.8 Å². The summed E-state index contributed by atoms with van der Waals surface area (Å²) in [5.74, 6) is 1.34. The molecule has 1 aliphatic rings. The topological polar surface area (TPSA) is 55.6 Å². The summed E-state index contributed by atoms with van der Waals surface area (Å²) in [6, 6.07) is 5.71. The molecule has 104 valence electrons. The van der Waals surface area contributed by atoms with Gasteiger partial charge in [0.05, 0.1) is 7.11 Å². The summed E-state index contributed by atoms with van der Waals surface area (Å²) in [6.45, 7) is 2.49. The standard InChI is InChI=1S/C15H22N2O2/c1-10-4-5-12(8-14(10)19-3)15(18)17(2)13(9-16)11-6-7-11/h4-5,8,11,13H,6-7,9,16H2,1-3H3. The zero-order chi connectivity index (χ0) is 14.0. The summed E-state index contributed by atoms with van der Waals surface area (Å²) in [5, 5.41) is 0. The van der Waals surface area contributed by atoms with Crippen molar-refractivity contribution >= 4 is 5.91 Å². The third-order valence-corrected chi connectivity index (χ3v) is 3.88. The number of aryl methyl sites for hydroxylation is 1. The minimum atomic E-state index is 0.0145. The maximum absolute atomic E-state index is 12.5. The Labute approximate surface area is 114 Å². The number of hydrogen-bond donors (Lipinski definition) is 1. The summed E-state index contributed by atoms with van der Waals surface area (Å²) in [5.41, 5.74) is 7.48. The van der Waals surface area contributed by atoms with Gasteiger partial charge in [0.1, 0.15) is 5.75 Å². The maximum Gasteiger partial charge on any atom is 0.254 e. The van der Waals surface area contributed by atoms with E-state index in [1.807, 2.05) is 26.1 Å². The van der Waals surface area contributed by atoms with E-state index in [-0.39, 0.29) is 11.9 Å². The molecule has 0 saturated heterocycles. The smallest absolute Gasteiger partial charge is 0.254 e. The lowest BCUT2D eigenvalue weighted by Gasteiger charge is -2.27. The fraction of sp³-hybridized carbons (Fsp3) is 0.533. The number of nitrogens with zero attached hydrogens (tertiary/aromatic N) is 1. The van der Waals surface area contributed by atoms with E-state index in [9.17, 15) is 4.79 Å². The number of carbonyl (C=O) groups is 1. The van der Waals surface area contributed by atoms with Crippen molar-refractivity contribution < 1.29 is 9.53 Å². The third kappa shape index (κ3) is 2.89. The van der Waals surface area contributed by atoms with Crippen molar-refractivity contribution in [3.63, 3.8) is 0 Å². The summed E-state index contributed by atoms with van der Waals surface area (Å²) < 4.78 is 5.27. The minimum absolute atomic E-state index is 0.0145. The maximum atomic E-state index is 12.5. The third-order valence-electron chi connectivity index (χ3n) is 3.88. The second-order valence-electron chi connectivity index (χ2n) is 5.24. The molecule has 1 fully saturated rings. The van der Waals surface area contributed by atoms with Gasteiger partial charge in [-0.15, -0.1) is 0 Å². The average molecular weight is 262 g/mol. The highest BCUT2D eigenvalue weighted by atomic mass is 16.5. The number of benzene rings is 1. The molecule has 1 saturated carbocycles. The Morgan fingerprint density at radius 3 is 2.74 bits per heavy atom. The monoisotopic (exact) mass is 262 g/mol. The number of rotatable bonds is 5. The highest BCUT2D eigenvalue weighted by Crippen LogP contribution is 2.35. The van der Waals surface area contributed by atoms with Crippen LogP contribution in [0.15, 0.2) is 18.2 Å². The summed E-state index contributed by atoms with van der Waals surface area (Å²) in [7, 11) is 3.46. The quantitative estimate of drug-likeness (QED) is 0.880. The Bertz CT molecular complexity index is 469. The van der Waals surface area contributed by atoms with E-state index in [4.69, 9.17) is 10.5 Å². The van der Waals surface area contributed by atoms with Crippen molar-refractivity contribution in [2.45, 2.75) is 25.8 Å². The van der Waals surface area contributed by atoms with E-state index in [2.05, 4.69) is 0 Å². The molecule has 1 atom stereocenters. The zero-order valence-electron chi connectivity index (χ0n) is 11.8. The molecule has 1 aromatic rings. The molecule has 0 radical (unpaired) electrons. The average Bonchev–Trinajstić information content (AvgIpc) is 3.24. The van der Waals surface area contributed by atoms with Crippen molar-refractivity contribution in [3.05, 3.63) is 29.3 Å². The number of ether oxygens (including phenoxy) is 1. The van der Waals surface area contributed by atoms with Crippen molar-refractivity contribution in [1.82, 2.24) is 4.90 Å². The van der Waals surface area contributed by atoms with Crippen molar-refractivity contribution in [2.24, 2.45) is 11.7 Å². The predicted octanol–water partition coefficient (Wildman–Crippen LogP) is 1.81. The largest absolute Gasteiger partial charge is 0.496 e. The second-order valence-corrected chi connectivity index (χ2v) is 5.24. The van der Waals surface area contributed by atoms with Crippen LogP contribution in [-0.2, 0) is 0 Å². The van der Waals surface area contributed by atoms with Crippen LogP contribution in [0.4, 0.5) is 0 Å². The van der Waals surface area contributed by atoms with Gasteiger partial charge in [-0.1, -0.05) is 6.07 Å². The summed E-state index contributed by atoms with van der Waals surface area (Å²) in [6.07, 6.45) is 2.35. The van der Waals surface area contributed by atoms with E-state index in [1.54, 1.807) is 18.1 Å². The Hall–Kier alpha value is -1.55. The fourth-order valence-corrected chi connectivity index (χ4v) is 2.46. The van der Waals surface area contributed by atoms with Gasteiger partial charge in [-0.25, -0.2) is 0 Å². The lowest BCUT2D eigenvalue weighted by Crippen LogP contribution is -2.43. The molecule has 2 N–H and O–H groups in total. The number of nitrogens with two attached hydrogens (primary N) is 1. The van der Waals surface area contributed by atoms with Crippen molar-refractivity contribution in [2.75, 3.05) is 20.7 Å². The van der Waals surface area contributed by atoms with Crippen LogP contribution in [0, 0.1) is 12.8 Å². The molecule has 0 heterocycles. The van der Waals surface area contributed by atoms with E-state index >= 15 is 0 Å². The van der Waals surface area contributed by atoms with Gasteiger partial charge >= 0.3 is 0 Å². The van der Waals surface area contributed by atoms with Gasteiger partial charge in [0.25, 0.3) is 5.91 Å². The fourth-order valence-electron chi connectivity index (χ4n) is 2.46. The molecule has 1 aromatic carbocycles. The Balaban J connectivity index is 2.18. The van der Waals surface area contributed by atoms with E-state index < -0.39 is 0 Å². The number of likely N-dealkylation sites (N-methyl/N-ethyl adjacent to an activating group) is 1. The van der Waals surface area contributed by atoms with Gasteiger partial charge in [-0.05, 0) is 43.4 Å². The van der Waals surface area contributed by atoms with Crippen molar-refractivity contribution in [3.8, 4) is 5.75 Å². The molecule has 1 amide bonds. The first-order valence-electron chi connectivity index (χ1n) is 6.70. The van der Waals surface area contributed by atoms with Gasteiger partial charge < -0.3 is 15.4 Å². The van der Waals surface area contributed by atoms with Crippen molar-refractivity contribution in [1.29, 1.82) is 0 Å². The van der Waals surface area contributed by atoms with Crippen LogP contribution in [0.1, 0.15) is 28.8 Å². The first-order valence-corrected chi connectivity index (χ1v) is 6.70. The summed E-state index contributed by atoms with van der Waals surface area (Å²) in [4.78, 5) is 14.3. The molecule has 0 spiro atoms. The lowest BCUT2D eigenvalue weighted by molar-refractivity contribution is 0.0718. The van der Waals surface area contributed by atoms with Crippen LogP contribution in [0.3, 0.4) is 0 Å². The zero-order valence-corrected chi connectivity index (χ0v) is 11.8. The van der Waals surface area contributed by atoms with Crippen LogP contribution >= 0.6 is 0 Å². The predicted molar refractivity (Wildman–Crippen MR) is 75.4 cm³/mol. The molecule has 0 aliphatic heterocycles. The Kier molecular flexibility index (Phi) is 4.10. The van der Waals surface area contributed by atoms with Crippen LogP contribution in [0.5, 0.6) is 5.75 Å². The van der Waals surface area contributed by atoms with Gasteiger partial charge in [-0.2, -0.15) is 0 Å². The molecule has 4 nitrogen and oxygen atoms in total. The van der Waals surface area contributed by atoms with Crippen LogP contribution in [0.25, 0.3) is 0 Å². The second kappa shape index (κ2) is 5.61. The Morgan fingerprint density at radius 2 is 2.21 bits per heavy atom. The number of amides is 1. The normalized spacial score (nSPS) is 16.0. The molecular weight excluding hydrogens is 240 g/mol. The molecule has 4 heteroatoms. The molecule has 0 aromatic heterocycles. The molecular formula is C15H22N2O2. The van der Waals surface area contributed by atoms with Crippen LogP contribution < -0.4 is 10.5 Å². The SMILES string of the molecule is COc1cc(C(=O)N(C)C(CN)C2CC2)ccc1C. The van der Waals surface area contributed by atoms with E-state index in [0.717, 1.165) is 11.3 Å². The lowest BCUT2D eigenvalue weighted by atomic mass is 10.1. The van der Waals surface area contributed by atoms with Crippen LogP contribution in [0.2, 0.25) is 0 Å². The highest BCUT2D eigenvalue weighted by molar-refractivity contribution is 5.94. The van der Waals surface area contributed by atoms with Gasteiger partial charge in [-0.3, -0.25) is 4.79 Å². The first kappa shape index (κ1) is 13.9. The minimum Gasteiger partial charge on any atom is -0.496 e. The molecule has 1 aliphatic carbocycles. The van der Waals surface area contributed by atoms with Gasteiger partial charge in [0, 0.05) is 25.2 Å². The number of hydrogen-bond acceptors (Lipinski definition) is 3.